The van der Waals surface area contributed by atoms with Crippen molar-refractivity contribution >= 4 is 5.69 Å². The first kappa shape index (κ1) is 13.2. The second kappa shape index (κ2) is 5.68. The summed E-state index contributed by atoms with van der Waals surface area (Å²) in [4.78, 5) is 2.27. The highest BCUT2D eigenvalue weighted by Crippen LogP contribution is 2.28. The zero-order valence-corrected chi connectivity index (χ0v) is 11.4. The number of furan rings is 1. The summed E-state index contributed by atoms with van der Waals surface area (Å²) in [6.45, 7) is 1.82. The SMILES string of the molecule is Nc1cnn(CC(O)CN(Cc2ccco2)C2CC2)c1. The highest BCUT2D eigenvalue weighted by Gasteiger charge is 2.30. The van der Waals surface area contributed by atoms with Gasteiger partial charge >= 0.3 is 0 Å². The summed E-state index contributed by atoms with van der Waals surface area (Å²) in [6, 6.07) is 4.43. The Morgan fingerprint density at radius 2 is 2.40 bits per heavy atom. The van der Waals surface area contributed by atoms with Gasteiger partial charge < -0.3 is 15.3 Å². The molecule has 6 heteroatoms. The molecule has 1 saturated carbocycles. The fourth-order valence-electron chi connectivity index (χ4n) is 2.41. The molecule has 0 aromatic carbocycles. The van der Waals surface area contributed by atoms with Gasteiger partial charge in [0.05, 0.1) is 37.3 Å². The summed E-state index contributed by atoms with van der Waals surface area (Å²) < 4.78 is 7.07. The molecule has 108 valence electrons. The van der Waals surface area contributed by atoms with Gasteiger partial charge in [-0.1, -0.05) is 0 Å². The van der Waals surface area contributed by atoms with Crippen molar-refractivity contribution in [3.8, 4) is 0 Å². The Morgan fingerprint density at radius 1 is 1.55 bits per heavy atom. The lowest BCUT2D eigenvalue weighted by molar-refractivity contribution is 0.0841. The van der Waals surface area contributed by atoms with E-state index in [0.29, 0.717) is 24.8 Å². The normalized spacial score (nSPS) is 16.7. The molecule has 2 aromatic heterocycles. The summed E-state index contributed by atoms with van der Waals surface area (Å²) >= 11 is 0. The largest absolute Gasteiger partial charge is 0.468 e. The fourth-order valence-corrected chi connectivity index (χ4v) is 2.41. The minimum Gasteiger partial charge on any atom is -0.468 e. The second-order valence-corrected chi connectivity index (χ2v) is 5.39. The number of aromatic nitrogens is 2. The van der Waals surface area contributed by atoms with E-state index in [1.807, 2.05) is 12.1 Å². The molecule has 0 spiro atoms. The molecule has 20 heavy (non-hydrogen) atoms. The Kier molecular flexibility index (Phi) is 3.75. The van der Waals surface area contributed by atoms with Crippen molar-refractivity contribution < 1.29 is 9.52 Å². The molecule has 1 aliphatic rings. The van der Waals surface area contributed by atoms with Gasteiger partial charge in [0.1, 0.15) is 5.76 Å². The number of hydrogen-bond acceptors (Lipinski definition) is 5. The number of rotatable bonds is 7. The molecule has 1 fully saturated rings. The van der Waals surface area contributed by atoms with Crippen LogP contribution in [0.2, 0.25) is 0 Å². The van der Waals surface area contributed by atoms with Crippen molar-refractivity contribution in [3.05, 3.63) is 36.5 Å². The fraction of sp³-hybridized carbons (Fsp3) is 0.500. The Labute approximate surface area is 117 Å². The predicted molar refractivity (Wildman–Crippen MR) is 74.8 cm³/mol. The highest BCUT2D eigenvalue weighted by atomic mass is 16.3. The number of nitrogens with two attached hydrogens (primary N) is 1. The van der Waals surface area contributed by atoms with E-state index in [0.717, 1.165) is 12.3 Å². The van der Waals surface area contributed by atoms with Crippen LogP contribution in [-0.4, -0.2) is 38.5 Å². The van der Waals surface area contributed by atoms with Crippen LogP contribution in [0.5, 0.6) is 0 Å². The van der Waals surface area contributed by atoms with Crippen LogP contribution in [-0.2, 0) is 13.1 Å². The highest BCUT2D eigenvalue weighted by molar-refractivity contribution is 5.30. The van der Waals surface area contributed by atoms with Crippen molar-refractivity contribution in [1.82, 2.24) is 14.7 Å². The summed E-state index contributed by atoms with van der Waals surface area (Å²) in [7, 11) is 0. The van der Waals surface area contributed by atoms with Crippen molar-refractivity contribution in [2.75, 3.05) is 12.3 Å². The van der Waals surface area contributed by atoms with Gasteiger partial charge in [0.25, 0.3) is 0 Å². The molecule has 1 unspecified atom stereocenters. The van der Waals surface area contributed by atoms with Crippen LogP contribution in [0.15, 0.2) is 35.2 Å². The van der Waals surface area contributed by atoms with E-state index in [1.165, 1.54) is 12.8 Å². The minimum absolute atomic E-state index is 0.457. The minimum atomic E-state index is -0.468. The standard InChI is InChI=1S/C14H20N4O2/c15-11-6-16-18(7-11)9-13(19)8-17(12-3-4-12)10-14-2-1-5-20-14/h1-2,5-7,12-13,19H,3-4,8-10,15H2. The summed E-state index contributed by atoms with van der Waals surface area (Å²) in [5.74, 6) is 0.937. The molecule has 0 amide bonds. The van der Waals surface area contributed by atoms with Gasteiger partial charge in [-0.25, -0.2) is 0 Å². The third-order valence-corrected chi connectivity index (χ3v) is 3.50. The van der Waals surface area contributed by atoms with Crippen LogP contribution in [0, 0.1) is 0 Å². The number of aliphatic hydroxyl groups excluding tert-OH is 1. The van der Waals surface area contributed by atoms with E-state index in [9.17, 15) is 5.11 Å². The molecular weight excluding hydrogens is 256 g/mol. The number of anilines is 1. The first-order valence-corrected chi connectivity index (χ1v) is 6.93. The van der Waals surface area contributed by atoms with E-state index < -0.39 is 6.10 Å². The van der Waals surface area contributed by atoms with Crippen LogP contribution >= 0.6 is 0 Å². The molecule has 3 N–H and O–H groups in total. The van der Waals surface area contributed by atoms with E-state index in [1.54, 1.807) is 23.3 Å². The maximum Gasteiger partial charge on any atom is 0.117 e. The van der Waals surface area contributed by atoms with E-state index >= 15 is 0 Å². The maximum atomic E-state index is 10.2. The van der Waals surface area contributed by atoms with Gasteiger partial charge in [-0.15, -0.1) is 0 Å². The van der Waals surface area contributed by atoms with Crippen LogP contribution < -0.4 is 5.73 Å². The van der Waals surface area contributed by atoms with Crippen LogP contribution in [0.1, 0.15) is 18.6 Å². The van der Waals surface area contributed by atoms with E-state index in [4.69, 9.17) is 10.2 Å². The molecule has 1 aliphatic carbocycles. The molecule has 0 bridgehead atoms. The number of hydrogen-bond donors (Lipinski definition) is 2. The van der Waals surface area contributed by atoms with Gasteiger partial charge in [0.2, 0.25) is 0 Å². The van der Waals surface area contributed by atoms with Crippen molar-refractivity contribution in [2.24, 2.45) is 0 Å². The van der Waals surface area contributed by atoms with Gasteiger partial charge in [-0.05, 0) is 25.0 Å². The van der Waals surface area contributed by atoms with Gasteiger partial charge in [0.15, 0.2) is 0 Å². The molecular formula is C14H20N4O2. The third-order valence-electron chi connectivity index (χ3n) is 3.50. The van der Waals surface area contributed by atoms with Gasteiger partial charge in [-0.3, -0.25) is 9.58 Å². The summed E-state index contributed by atoms with van der Waals surface area (Å²) in [5.41, 5.74) is 6.23. The van der Waals surface area contributed by atoms with Crippen LogP contribution in [0.4, 0.5) is 5.69 Å². The quantitative estimate of drug-likeness (QED) is 0.791. The van der Waals surface area contributed by atoms with Crippen molar-refractivity contribution in [1.29, 1.82) is 0 Å². The maximum absolute atomic E-state index is 10.2. The topological polar surface area (TPSA) is 80.4 Å². The van der Waals surface area contributed by atoms with Crippen molar-refractivity contribution in [3.63, 3.8) is 0 Å². The molecule has 0 radical (unpaired) electrons. The summed E-state index contributed by atoms with van der Waals surface area (Å²) in [5, 5.41) is 14.3. The molecule has 1 atom stereocenters. The Bertz CT molecular complexity index is 533. The Morgan fingerprint density at radius 3 is 3.00 bits per heavy atom. The molecule has 0 saturated heterocycles. The lowest BCUT2D eigenvalue weighted by Crippen LogP contribution is -2.36. The third kappa shape index (κ3) is 3.40. The predicted octanol–water partition coefficient (Wildman–Crippen LogP) is 1.08. The lowest BCUT2D eigenvalue weighted by Gasteiger charge is -2.23. The van der Waals surface area contributed by atoms with Gasteiger partial charge in [0, 0.05) is 18.8 Å². The number of nitrogen functional groups attached to an aromatic ring is 1. The monoisotopic (exact) mass is 276 g/mol. The van der Waals surface area contributed by atoms with Crippen molar-refractivity contribution in [2.45, 2.75) is 38.1 Å². The first-order chi connectivity index (χ1) is 9.70. The average Bonchev–Trinajstić information content (AvgIpc) is 2.99. The second-order valence-electron chi connectivity index (χ2n) is 5.39. The molecule has 2 aromatic rings. The van der Waals surface area contributed by atoms with E-state index in [2.05, 4.69) is 10.00 Å². The number of nitrogens with zero attached hydrogens (tertiary/aromatic N) is 3. The summed E-state index contributed by atoms with van der Waals surface area (Å²) in [6.07, 6.45) is 6.93. The van der Waals surface area contributed by atoms with E-state index in [-0.39, 0.29) is 0 Å². The van der Waals surface area contributed by atoms with Crippen LogP contribution in [0.25, 0.3) is 0 Å². The average molecular weight is 276 g/mol. The Balaban J connectivity index is 1.55. The number of aliphatic hydroxyl groups is 1. The smallest absolute Gasteiger partial charge is 0.117 e. The zero-order valence-electron chi connectivity index (χ0n) is 11.4. The van der Waals surface area contributed by atoms with Gasteiger partial charge in [-0.2, -0.15) is 5.10 Å². The lowest BCUT2D eigenvalue weighted by atomic mass is 10.3. The molecule has 3 rings (SSSR count). The zero-order chi connectivity index (χ0) is 13.9. The molecule has 2 heterocycles. The Hall–Kier alpha value is -1.79. The first-order valence-electron chi connectivity index (χ1n) is 6.93. The molecule has 0 aliphatic heterocycles. The van der Waals surface area contributed by atoms with Crippen LogP contribution in [0.3, 0.4) is 0 Å². The molecule has 6 nitrogen and oxygen atoms in total.